The van der Waals surface area contributed by atoms with E-state index in [1.807, 2.05) is 0 Å². The van der Waals surface area contributed by atoms with E-state index in [-0.39, 0.29) is 0 Å². The van der Waals surface area contributed by atoms with Crippen LogP contribution in [0.2, 0.25) is 13.1 Å². The van der Waals surface area contributed by atoms with Crippen LogP contribution in [0, 0.1) is 59.4 Å². The number of halogens is 2. The Bertz CT molecular complexity index is 320. The van der Waals surface area contributed by atoms with E-state index in [2.05, 4.69) is 67.5 Å². The molecule has 0 N–H and O–H groups in total. The molecule has 2 rings (SSSR count). The van der Waals surface area contributed by atoms with Gasteiger partial charge in [0.15, 0.2) is 0 Å². The molecule has 0 unspecified atom stereocenters. The molecule has 0 atom stereocenters. The van der Waals surface area contributed by atoms with Gasteiger partial charge in [0, 0.05) is 0 Å². The average molecular weight is 433 g/mol. The summed E-state index contributed by atoms with van der Waals surface area (Å²) in [6, 6.07) is 0. The first kappa shape index (κ1) is 21.7. The molecule has 0 aromatic rings. The molecule has 10 radical (unpaired) electrons. The SMILES string of the molecule is C[C]1[CH][C](C)[C]([Si](C)(C)[C]2[C](C)[CH][C](C)[C]2C)[C]1C.[Cl][Zr+2][Cl]. The van der Waals surface area contributed by atoms with Gasteiger partial charge in [-0.3, -0.25) is 0 Å². The van der Waals surface area contributed by atoms with Crippen molar-refractivity contribution >= 4 is 25.1 Å². The van der Waals surface area contributed by atoms with E-state index in [9.17, 15) is 0 Å². The second-order valence-electron chi connectivity index (χ2n) is 6.72. The van der Waals surface area contributed by atoms with E-state index in [1.54, 1.807) is 11.1 Å². The summed E-state index contributed by atoms with van der Waals surface area (Å²) >= 11 is -0.826. The molecule has 2 saturated carbocycles. The van der Waals surface area contributed by atoms with Gasteiger partial charge in [-0.2, -0.15) is 0 Å². The van der Waals surface area contributed by atoms with Crippen LogP contribution in [0.3, 0.4) is 0 Å². The van der Waals surface area contributed by atoms with Gasteiger partial charge in [-0.25, -0.2) is 0 Å². The van der Waals surface area contributed by atoms with E-state index in [4.69, 9.17) is 17.0 Å². The van der Waals surface area contributed by atoms with Crippen LogP contribution in [0.15, 0.2) is 0 Å². The monoisotopic (exact) mass is 430 g/mol. The average Bonchev–Trinajstić information content (AvgIpc) is 2.78. The summed E-state index contributed by atoms with van der Waals surface area (Å²) in [5, 5.41) is 0. The van der Waals surface area contributed by atoms with Gasteiger partial charge in [0.05, 0.1) is 8.07 Å². The summed E-state index contributed by atoms with van der Waals surface area (Å²) in [5.41, 5.74) is 3.31. The fourth-order valence-electron chi connectivity index (χ4n) is 4.04. The molecule has 2 fully saturated rings. The zero-order valence-electron chi connectivity index (χ0n) is 14.9. The summed E-state index contributed by atoms with van der Waals surface area (Å²) in [6.07, 6.45) is 4.72. The second-order valence-corrected chi connectivity index (χ2v) is 14.7. The topological polar surface area (TPSA) is 0 Å². The third kappa shape index (κ3) is 4.44. The fraction of sp³-hybridized carbons (Fsp3) is 0.444. The molecule has 118 valence electrons. The van der Waals surface area contributed by atoms with Crippen LogP contribution in [0.25, 0.3) is 0 Å². The van der Waals surface area contributed by atoms with Crippen LogP contribution in [0.4, 0.5) is 0 Å². The van der Waals surface area contributed by atoms with Crippen molar-refractivity contribution in [3.8, 4) is 0 Å². The fourth-order valence-corrected chi connectivity index (χ4v) is 8.68. The van der Waals surface area contributed by atoms with E-state index < -0.39 is 28.9 Å². The van der Waals surface area contributed by atoms with E-state index in [0.29, 0.717) is 0 Å². The molecule has 0 spiro atoms. The predicted octanol–water partition coefficient (Wildman–Crippen LogP) is 6.30. The van der Waals surface area contributed by atoms with Crippen molar-refractivity contribution in [2.45, 2.75) is 54.6 Å². The van der Waals surface area contributed by atoms with Crippen LogP contribution in [0.5, 0.6) is 0 Å². The molecular formula is C18H26Cl2SiZr+2. The van der Waals surface area contributed by atoms with Gasteiger partial charge in [0.25, 0.3) is 0 Å². The quantitative estimate of drug-likeness (QED) is 0.449. The molecule has 0 nitrogen and oxygen atoms in total. The molecule has 2 aliphatic carbocycles. The molecule has 0 bridgehead atoms. The van der Waals surface area contributed by atoms with Gasteiger partial charge >= 0.3 is 37.9 Å². The number of hydrogen-bond donors (Lipinski definition) is 0. The van der Waals surface area contributed by atoms with Crippen LogP contribution >= 0.6 is 17.0 Å². The van der Waals surface area contributed by atoms with Gasteiger partial charge in [-0.1, -0.05) is 54.6 Å². The standard InChI is InChI=1S/C18H26Si.2ClH.Zr/c1-11-9-13(3)17(15(11)5)19(7,8)18-14(4)10-12(2)16(18)6;;;/h9-10H,1-8H3;2*1H;/q;;;+4/p-2. The summed E-state index contributed by atoms with van der Waals surface area (Å²) in [6.45, 7) is 18.7. The Hall–Kier alpha value is 1.68. The minimum absolute atomic E-state index is 0.826. The first-order valence-corrected chi connectivity index (χ1v) is 16.9. The number of hydrogen-bond acceptors (Lipinski definition) is 0. The summed E-state index contributed by atoms with van der Waals surface area (Å²) in [5.74, 6) is 8.92. The van der Waals surface area contributed by atoms with Crippen molar-refractivity contribution in [2.24, 2.45) is 0 Å². The van der Waals surface area contributed by atoms with Crippen molar-refractivity contribution in [3.05, 3.63) is 59.4 Å². The van der Waals surface area contributed by atoms with Gasteiger partial charge in [-0.15, -0.1) is 0 Å². The normalized spacial score (nSPS) is 25.5. The molecule has 4 heteroatoms. The molecule has 0 amide bonds. The molecular weight excluding hydrogens is 406 g/mol. The molecule has 0 saturated heterocycles. The molecule has 2 aliphatic rings. The molecule has 0 heterocycles. The van der Waals surface area contributed by atoms with Gasteiger partial charge < -0.3 is 0 Å². The van der Waals surface area contributed by atoms with Crippen LogP contribution < -0.4 is 0 Å². The van der Waals surface area contributed by atoms with Crippen molar-refractivity contribution in [1.82, 2.24) is 0 Å². The maximum absolute atomic E-state index is 4.93. The Morgan fingerprint density at radius 3 is 1.14 bits per heavy atom. The molecule has 0 aromatic heterocycles. The van der Waals surface area contributed by atoms with Gasteiger partial charge in [0.1, 0.15) is 0 Å². The van der Waals surface area contributed by atoms with Gasteiger partial charge in [0.2, 0.25) is 0 Å². The zero-order valence-corrected chi connectivity index (χ0v) is 19.9. The third-order valence-electron chi connectivity index (χ3n) is 4.84. The summed E-state index contributed by atoms with van der Waals surface area (Å²) < 4.78 is 0. The summed E-state index contributed by atoms with van der Waals surface area (Å²) in [7, 11) is 8.28. The van der Waals surface area contributed by atoms with Crippen molar-refractivity contribution in [3.63, 3.8) is 0 Å². The van der Waals surface area contributed by atoms with Crippen LogP contribution in [-0.4, -0.2) is 8.07 Å². The van der Waals surface area contributed by atoms with Crippen molar-refractivity contribution in [1.29, 1.82) is 0 Å². The third-order valence-corrected chi connectivity index (χ3v) is 8.88. The Balaban J connectivity index is 0.000000745. The van der Waals surface area contributed by atoms with Crippen molar-refractivity contribution < 1.29 is 20.8 Å². The first-order chi connectivity index (χ1) is 10.1. The predicted molar refractivity (Wildman–Crippen MR) is 97.8 cm³/mol. The van der Waals surface area contributed by atoms with E-state index >= 15 is 0 Å². The molecule has 0 aromatic carbocycles. The van der Waals surface area contributed by atoms with E-state index in [0.717, 1.165) is 0 Å². The number of rotatable bonds is 2. The van der Waals surface area contributed by atoms with Crippen LogP contribution in [-0.2, 0) is 20.8 Å². The second kappa shape index (κ2) is 8.86. The minimum atomic E-state index is -1.59. The zero-order chi connectivity index (χ0) is 17.2. The molecule has 0 aliphatic heterocycles. The Kier molecular flexibility index (Phi) is 8.75. The van der Waals surface area contributed by atoms with Crippen molar-refractivity contribution in [2.75, 3.05) is 0 Å². The van der Waals surface area contributed by atoms with Crippen LogP contribution in [0.1, 0.15) is 41.5 Å². The maximum atomic E-state index is 4.93. The Labute approximate surface area is 159 Å². The Morgan fingerprint density at radius 1 is 0.682 bits per heavy atom. The molecule has 22 heavy (non-hydrogen) atoms. The van der Waals surface area contributed by atoms with Gasteiger partial charge in [-0.05, 0) is 59.4 Å². The summed E-state index contributed by atoms with van der Waals surface area (Å²) in [4.78, 5) is 0. The first-order valence-electron chi connectivity index (χ1n) is 7.53. The van der Waals surface area contributed by atoms with E-state index in [1.165, 1.54) is 35.5 Å². The Morgan fingerprint density at radius 2 is 0.955 bits per heavy atom.